The van der Waals surface area contributed by atoms with Gasteiger partial charge in [-0.1, -0.05) is 54.6 Å². The minimum Gasteiger partial charge on any atom is -0.466 e. The first kappa shape index (κ1) is 21.1. The molecule has 0 saturated heterocycles. The number of carbonyl (C=O) groups is 1. The molecule has 27 heavy (non-hydrogen) atoms. The Kier molecular flexibility index (Phi) is 8.00. The monoisotopic (exact) mass is 389 g/mol. The first-order valence-corrected chi connectivity index (χ1v) is 10.8. The minimum atomic E-state index is -3.30. The zero-order valence-corrected chi connectivity index (χ0v) is 16.7. The van der Waals surface area contributed by atoms with Crippen molar-refractivity contribution in [2.24, 2.45) is 0 Å². The van der Waals surface area contributed by atoms with Crippen LogP contribution in [0.3, 0.4) is 0 Å². The molecule has 0 bridgehead atoms. The summed E-state index contributed by atoms with van der Waals surface area (Å²) >= 11 is 0. The van der Waals surface area contributed by atoms with Crippen LogP contribution in [0.1, 0.15) is 36.5 Å². The van der Waals surface area contributed by atoms with Crippen LogP contribution in [0.15, 0.2) is 54.6 Å². The Hall–Kier alpha value is -2.18. The summed E-state index contributed by atoms with van der Waals surface area (Å²) in [4.78, 5) is 11.8. The standard InChI is InChI=1S/C21H27NO4S/c1-3-26-21(23)17(2)20-11-9-19(10-12-20)13-15-22-27(24,25)16-14-18-7-5-4-6-8-18/h4-12,17,22H,3,13-16H2,1-2H3. The number of benzene rings is 2. The Morgan fingerprint density at radius 2 is 1.63 bits per heavy atom. The lowest BCUT2D eigenvalue weighted by atomic mass is 9.99. The number of nitrogens with one attached hydrogen (secondary N) is 1. The van der Waals surface area contributed by atoms with Crippen LogP contribution in [0, 0.1) is 0 Å². The number of ether oxygens (including phenoxy) is 1. The van der Waals surface area contributed by atoms with Crippen molar-refractivity contribution in [2.45, 2.75) is 32.6 Å². The Bertz CT molecular complexity index is 817. The van der Waals surface area contributed by atoms with Crippen molar-refractivity contribution in [3.63, 3.8) is 0 Å². The van der Waals surface area contributed by atoms with Gasteiger partial charge in [-0.2, -0.15) is 0 Å². The third-order valence-electron chi connectivity index (χ3n) is 4.36. The summed E-state index contributed by atoms with van der Waals surface area (Å²) in [5, 5.41) is 0. The molecule has 0 aliphatic carbocycles. The van der Waals surface area contributed by atoms with Gasteiger partial charge in [-0.3, -0.25) is 4.79 Å². The Balaban J connectivity index is 1.80. The van der Waals surface area contributed by atoms with Crippen LogP contribution >= 0.6 is 0 Å². The van der Waals surface area contributed by atoms with Gasteiger partial charge in [0.05, 0.1) is 18.3 Å². The van der Waals surface area contributed by atoms with Crippen LogP contribution < -0.4 is 4.72 Å². The van der Waals surface area contributed by atoms with E-state index in [0.717, 1.165) is 16.7 Å². The quantitative estimate of drug-likeness (QED) is 0.634. The highest BCUT2D eigenvalue weighted by Gasteiger charge is 2.16. The SMILES string of the molecule is CCOC(=O)C(C)c1ccc(CCNS(=O)(=O)CCc2ccccc2)cc1. The highest BCUT2D eigenvalue weighted by Crippen LogP contribution is 2.17. The number of hydrogen-bond acceptors (Lipinski definition) is 4. The molecule has 0 aromatic heterocycles. The molecular weight excluding hydrogens is 362 g/mol. The average molecular weight is 390 g/mol. The predicted molar refractivity (Wildman–Crippen MR) is 107 cm³/mol. The molecule has 0 fully saturated rings. The normalized spacial score (nSPS) is 12.5. The van der Waals surface area contributed by atoms with Gasteiger partial charge in [0.2, 0.25) is 10.0 Å². The molecule has 0 saturated carbocycles. The lowest BCUT2D eigenvalue weighted by Gasteiger charge is -2.11. The molecule has 0 aliphatic rings. The summed E-state index contributed by atoms with van der Waals surface area (Å²) < 4.78 is 31.9. The third-order valence-corrected chi connectivity index (χ3v) is 5.74. The molecule has 0 heterocycles. The molecule has 1 N–H and O–H groups in total. The van der Waals surface area contributed by atoms with Crippen molar-refractivity contribution in [1.82, 2.24) is 4.72 Å². The molecule has 0 radical (unpaired) electrons. The van der Waals surface area contributed by atoms with Gasteiger partial charge >= 0.3 is 5.97 Å². The summed E-state index contributed by atoms with van der Waals surface area (Å²) in [5.74, 6) is -0.473. The highest BCUT2D eigenvalue weighted by molar-refractivity contribution is 7.89. The van der Waals surface area contributed by atoms with Gasteiger partial charge in [-0.05, 0) is 43.4 Å². The molecule has 2 aromatic carbocycles. The molecule has 2 rings (SSSR count). The molecular formula is C21H27NO4S. The number of sulfonamides is 1. The van der Waals surface area contributed by atoms with Gasteiger partial charge in [0.1, 0.15) is 0 Å². The van der Waals surface area contributed by atoms with E-state index in [1.807, 2.05) is 61.5 Å². The number of esters is 1. The van der Waals surface area contributed by atoms with E-state index in [1.54, 1.807) is 6.92 Å². The van der Waals surface area contributed by atoms with E-state index in [9.17, 15) is 13.2 Å². The average Bonchev–Trinajstić information content (AvgIpc) is 2.67. The second-order valence-electron chi connectivity index (χ2n) is 6.41. The van der Waals surface area contributed by atoms with Crippen molar-refractivity contribution < 1.29 is 17.9 Å². The van der Waals surface area contributed by atoms with Gasteiger partial charge in [0.25, 0.3) is 0 Å². The van der Waals surface area contributed by atoms with E-state index >= 15 is 0 Å². The zero-order chi connectivity index (χ0) is 19.7. The molecule has 0 amide bonds. The molecule has 1 atom stereocenters. The molecule has 1 unspecified atom stereocenters. The van der Waals surface area contributed by atoms with Crippen molar-refractivity contribution in [3.8, 4) is 0 Å². The Labute approximate surface area is 161 Å². The van der Waals surface area contributed by atoms with Crippen LogP contribution in [0.5, 0.6) is 0 Å². The third kappa shape index (κ3) is 7.15. The lowest BCUT2D eigenvalue weighted by molar-refractivity contribution is -0.144. The first-order chi connectivity index (χ1) is 12.9. The zero-order valence-electron chi connectivity index (χ0n) is 15.9. The highest BCUT2D eigenvalue weighted by atomic mass is 32.2. The van der Waals surface area contributed by atoms with Gasteiger partial charge < -0.3 is 4.74 Å². The molecule has 0 spiro atoms. The Morgan fingerprint density at radius 1 is 1.00 bits per heavy atom. The fraction of sp³-hybridized carbons (Fsp3) is 0.381. The van der Waals surface area contributed by atoms with Gasteiger partial charge in [0.15, 0.2) is 0 Å². The van der Waals surface area contributed by atoms with Crippen LogP contribution in [-0.2, 0) is 32.4 Å². The summed E-state index contributed by atoms with van der Waals surface area (Å²) in [6.45, 7) is 4.32. The molecule has 146 valence electrons. The fourth-order valence-electron chi connectivity index (χ4n) is 2.70. The maximum Gasteiger partial charge on any atom is 0.313 e. The van der Waals surface area contributed by atoms with Gasteiger partial charge in [0, 0.05) is 6.54 Å². The van der Waals surface area contributed by atoms with Crippen LogP contribution in [0.25, 0.3) is 0 Å². The topological polar surface area (TPSA) is 72.5 Å². The molecule has 0 aliphatic heterocycles. The van der Waals surface area contributed by atoms with Crippen molar-refractivity contribution in [3.05, 3.63) is 71.3 Å². The maximum absolute atomic E-state index is 12.1. The number of carbonyl (C=O) groups excluding carboxylic acids is 1. The summed E-state index contributed by atoms with van der Waals surface area (Å²) in [6.07, 6.45) is 1.09. The van der Waals surface area contributed by atoms with E-state index in [4.69, 9.17) is 4.74 Å². The van der Waals surface area contributed by atoms with Crippen molar-refractivity contribution in [2.75, 3.05) is 18.9 Å². The smallest absolute Gasteiger partial charge is 0.313 e. The van der Waals surface area contributed by atoms with Gasteiger partial charge in [-0.15, -0.1) is 0 Å². The molecule has 5 nitrogen and oxygen atoms in total. The summed E-state index contributed by atoms with van der Waals surface area (Å²) in [7, 11) is -3.30. The minimum absolute atomic E-state index is 0.0764. The largest absolute Gasteiger partial charge is 0.466 e. The Morgan fingerprint density at radius 3 is 2.26 bits per heavy atom. The van der Waals surface area contributed by atoms with E-state index < -0.39 is 10.0 Å². The first-order valence-electron chi connectivity index (χ1n) is 9.18. The second-order valence-corrected chi connectivity index (χ2v) is 8.34. The molecule has 2 aromatic rings. The second kappa shape index (κ2) is 10.2. The van der Waals surface area contributed by atoms with E-state index in [2.05, 4.69) is 4.72 Å². The van der Waals surface area contributed by atoms with E-state index in [-0.39, 0.29) is 17.6 Å². The van der Waals surface area contributed by atoms with E-state index in [0.29, 0.717) is 26.0 Å². The summed E-state index contributed by atoms with van der Waals surface area (Å²) in [6, 6.07) is 17.2. The number of hydrogen-bond donors (Lipinski definition) is 1. The predicted octanol–water partition coefficient (Wildman–Crippen LogP) is 3.06. The van der Waals surface area contributed by atoms with Gasteiger partial charge in [-0.25, -0.2) is 13.1 Å². The van der Waals surface area contributed by atoms with Crippen molar-refractivity contribution in [1.29, 1.82) is 0 Å². The maximum atomic E-state index is 12.1. The van der Waals surface area contributed by atoms with Crippen LogP contribution in [0.4, 0.5) is 0 Å². The van der Waals surface area contributed by atoms with Crippen LogP contribution in [-0.4, -0.2) is 33.3 Å². The number of rotatable bonds is 10. The fourth-order valence-corrected chi connectivity index (χ4v) is 3.76. The molecule has 6 heteroatoms. The summed E-state index contributed by atoms with van der Waals surface area (Å²) in [5.41, 5.74) is 2.91. The lowest BCUT2D eigenvalue weighted by Crippen LogP contribution is -2.29. The van der Waals surface area contributed by atoms with E-state index in [1.165, 1.54) is 0 Å². The van der Waals surface area contributed by atoms with Crippen LogP contribution in [0.2, 0.25) is 0 Å². The number of aryl methyl sites for hydroxylation is 1. The van der Waals surface area contributed by atoms with Crippen molar-refractivity contribution >= 4 is 16.0 Å².